The van der Waals surface area contributed by atoms with E-state index in [4.69, 9.17) is 5.73 Å². The van der Waals surface area contributed by atoms with Crippen molar-refractivity contribution in [3.05, 3.63) is 52.5 Å². The Morgan fingerprint density at radius 2 is 2.05 bits per heavy atom. The van der Waals surface area contributed by atoms with Crippen LogP contribution in [0.3, 0.4) is 0 Å². The Kier molecular flexibility index (Phi) is 5.71. The van der Waals surface area contributed by atoms with Crippen LogP contribution >= 0.6 is 11.3 Å². The molecule has 0 aliphatic carbocycles. The molecule has 0 radical (unpaired) electrons. The molecule has 0 aliphatic rings. The number of likely N-dealkylation sites (N-methyl/N-ethyl adjacent to an activating group) is 1. The number of hydrogen-bond acceptors (Lipinski definition) is 4. The van der Waals surface area contributed by atoms with Gasteiger partial charge in [-0.2, -0.15) is 11.3 Å². The van der Waals surface area contributed by atoms with Gasteiger partial charge in [-0.05, 0) is 60.0 Å². The van der Waals surface area contributed by atoms with Crippen molar-refractivity contribution in [2.45, 2.75) is 31.8 Å². The van der Waals surface area contributed by atoms with Crippen molar-refractivity contribution < 1.29 is 0 Å². The summed E-state index contributed by atoms with van der Waals surface area (Å²) in [6, 6.07) is 6.81. The summed E-state index contributed by atoms with van der Waals surface area (Å²) in [6.45, 7) is 3.15. The maximum Gasteiger partial charge on any atom is 0.0504 e. The molecule has 0 amide bonds. The van der Waals surface area contributed by atoms with Crippen molar-refractivity contribution in [2.75, 3.05) is 13.6 Å². The maximum absolute atomic E-state index is 6.33. The van der Waals surface area contributed by atoms with E-state index in [0.717, 1.165) is 19.4 Å². The first kappa shape index (κ1) is 15.2. The van der Waals surface area contributed by atoms with Crippen LogP contribution in [0.1, 0.15) is 30.5 Å². The average Bonchev–Trinajstić information content (AvgIpc) is 3.00. The highest BCUT2D eigenvalue weighted by molar-refractivity contribution is 7.07. The van der Waals surface area contributed by atoms with Gasteiger partial charge in [-0.25, -0.2) is 0 Å². The second-order valence-corrected chi connectivity index (χ2v) is 5.94. The zero-order chi connectivity index (χ0) is 14.4. The van der Waals surface area contributed by atoms with E-state index >= 15 is 0 Å². The van der Waals surface area contributed by atoms with Crippen molar-refractivity contribution in [3.63, 3.8) is 0 Å². The summed E-state index contributed by atoms with van der Waals surface area (Å²) < 4.78 is 0. The van der Waals surface area contributed by atoms with Gasteiger partial charge in [-0.1, -0.05) is 6.92 Å². The molecule has 2 rings (SSSR count). The molecule has 4 heteroatoms. The quantitative estimate of drug-likeness (QED) is 0.851. The molecular formula is C16H23N3S. The molecule has 0 bridgehead atoms. The smallest absolute Gasteiger partial charge is 0.0504 e. The predicted molar refractivity (Wildman–Crippen MR) is 85.9 cm³/mol. The molecule has 2 aromatic heterocycles. The average molecular weight is 289 g/mol. The lowest BCUT2D eigenvalue weighted by molar-refractivity contribution is 0.212. The Balaban J connectivity index is 2.02. The lowest BCUT2D eigenvalue weighted by Crippen LogP contribution is -2.39. The second-order valence-electron chi connectivity index (χ2n) is 5.16. The fourth-order valence-electron chi connectivity index (χ4n) is 2.49. The second kappa shape index (κ2) is 7.53. The molecule has 3 nitrogen and oxygen atoms in total. The Morgan fingerprint density at radius 1 is 1.30 bits per heavy atom. The predicted octanol–water partition coefficient (Wildman–Crippen LogP) is 3.10. The molecule has 2 aromatic rings. The van der Waals surface area contributed by atoms with Gasteiger partial charge in [0.25, 0.3) is 0 Å². The first-order chi connectivity index (χ1) is 9.72. The Morgan fingerprint density at radius 3 is 2.65 bits per heavy atom. The van der Waals surface area contributed by atoms with Crippen molar-refractivity contribution >= 4 is 11.3 Å². The lowest BCUT2D eigenvalue weighted by Gasteiger charge is -2.32. The largest absolute Gasteiger partial charge is 0.326 e. The zero-order valence-corrected chi connectivity index (χ0v) is 13.0. The fourth-order valence-corrected chi connectivity index (χ4v) is 3.18. The standard InChI is InChI=1S/C16H23N3S/c1-3-15(17)16(14-7-11-20-12-14)19(2)10-6-13-4-8-18-9-5-13/h4-5,7-9,11-12,15-16H,3,6,10,17H2,1-2H3. The molecule has 0 saturated carbocycles. The van der Waals surface area contributed by atoms with E-state index in [1.165, 1.54) is 11.1 Å². The number of aromatic nitrogens is 1. The molecule has 0 saturated heterocycles. The Labute approximate surface area is 125 Å². The molecule has 0 aliphatic heterocycles. The topological polar surface area (TPSA) is 42.1 Å². The molecule has 2 heterocycles. The molecule has 2 atom stereocenters. The van der Waals surface area contributed by atoms with Gasteiger partial charge in [0.15, 0.2) is 0 Å². The summed E-state index contributed by atoms with van der Waals surface area (Å²) in [4.78, 5) is 6.43. The summed E-state index contributed by atoms with van der Waals surface area (Å²) in [5, 5.41) is 4.34. The highest BCUT2D eigenvalue weighted by Crippen LogP contribution is 2.26. The summed E-state index contributed by atoms with van der Waals surface area (Å²) in [5.74, 6) is 0. The minimum absolute atomic E-state index is 0.173. The van der Waals surface area contributed by atoms with Crippen LogP contribution in [-0.4, -0.2) is 29.5 Å². The summed E-state index contributed by atoms with van der Waals surface area (Å²) >= 11 is 1.74. The van der Waals surface area contributed by atoms with Gasteiger partial charge in [0.05, 0.1) is 6.04 Å². The molecule has 0 spiro atoms. The molecular weight excluding hydrogens is 266 g/mol. The van der Waals surface area contributed by atoms with Crippen molar-refractivity contribution in [1.82, 2.24) is 9.88 Å². The van der Waals surface area contributed by atoms with Gasteiger partial charge in [0.1, 0.15) is 0 Å². The number of rotatable bonds is 7. The first-order valence-corrected chi connectivity index (χ1v) is 8.03. The van der Waals surface area contributed by atoms with Crippen LogP contribution in [0.2, 0.25) is 0 Å². The molecule has 0 aromatic carbocycles. The van der Waals surface area contributed by atoms with Gasteiger partial charge in [0, 0.05) is 25.0 Å². The van der Waals surface area contributed by atoms with Crippen LogP contribution in [0.5, 0.6) is 0 Å². The normalized spacial score (nSPS) is 14.4. The van der Waals surface area contributed by atoms with Crippen LogP contribution in [0.4, 0.5) is 0 Å². The van der Waals surface area contributed by atoms with Gasteiger partial charge in [-0.15, -0.1) is 0 Å². The van der Waals surface area contributed by atoms with Crippen LogP contribution in [-0.2, 0) is 6.42 Å². The number of thiophene rings is 1. The summed E-state index contributed by atoms with van der Waals surface area (Å²) in [6.07, 6.45) is 5.71. The monoisotopic (exact) mass is 289 g/mol. The maximum atomic E-state index is 6.33. The molecule has 0 fully saturated rings. The molecule has 20 heavy (non-hydrogen) atoms. The lowest BCUT2D eigenvalue weighted by atomic mass is 9.99. The van der Waals surface area contributed by atoms with Crippen LogP contribution in [0.15, 0.2) is 41.4 Å². The third-order valence-corrected chi connectivity index (χ3v) is 4.44. The Hall–Kier alpha value is -1.23. The van der Waals surface area contributed by atoms with Crippen LogP contribution in [0.25, 0.3) is 0 Å². The minimum Gasteiger partial charge on any atom is -0.326 e. The van der Waals surface area contributed by atoms with Gasteiger partial charge in [-0.3, -0.25) is 9.88 Å². The van der Waals surface area contributed by atoms with Gasteiger partial charge >= 0.3 is 0 Å². The first-order valence-electron chi connectivity index (χ1n) is 7.09. The van der Waals surface area contributed by atoms with E-state index in [0.29, 0.717) is 6.04 Å². The van der Waals surface area contributed by atoms with Crippen LogP contribution < -0.4 is 5.73 Å². The van der Waals surface area contributed by atoms with Crippen molar-refractivity contribution in [1.29, 1.82) is 0 Å². The van der Waals surface area contributed by atoms with E-state index in [1.54, 1.807) is 11.3 Å². The van der Waals surface area contributed by atoms with Gasteiger partial charge < -0.3 is 5.73 Å². The number of nitrogens with zero attached hydrogens (tertiary/aromatic N) is 2. The third-order valence-electron chi connectivity index (χ3n) is 3.74. The van der Waals surface area contributed by atoms with E-state index in [9.17, 15) is 0 Å². The van der Waals surface area contributed by atoms with E-state index < -0.39 is 0 Å². The third kappa shape index (κ3) is 3.88. The highest BCUT2D eigenvalue weighted by atomic mass is 32.1. The molecule has 2 N–H and O–H groups in total. The molecule has 108 valence electrons. The van der Waals surface area contributed by atoms with Crippen LogP contribution in [0, 0.1) is 0 Å². The summed E-state index contributed by atoms with van der Waals surface area (Å²) in [7, 11) is 2.17. The summed E-state index contributed by atoms with van der Waals surface area (Å²) in [5.41, 5.74) is 8.99. The fraction of sp³-hybridized carbons (Fsp3) is 0.438. The van der Waals surface area contributed by atoms with E-state index in [2.05, 4.69) is 52.8 Å². The zero-order valence-electron chi connectivity index (χ0n) is 12.2. The highest BCUT2D eigenvalue weighted by Gasteiger charge is 2.23. The minimum atomic E-state index is 0.173. The Bertz CT molecular complexity index is 484. The van der Waals surface area contributed by atoms with E-state index in [-0.39, 0.29) is 6.04 Å². The van der Waals surface area contributed by atoms with E-state index in [1.807, 2.05) is 12.4 Å². The van der Waals surface area contributed by atoms with Gasteiger partial charge in [0.2, 0.25) is 0 Å². The van der Waals surface area contributed by atoms with Crippen molar-refractivity contribution in [2.24, 2.45) is 5.73 Å². The number of hydrogen-bond donors (Lipinski definition) is 1. The number of nitrogens with two attached hydrogens (primary N) is 1. The number of pyridine rings is 1. The van der Waals surface area contributed by atoms with Crippen molar-refractivity contribution in [3.8, 4) is 0 Å². The SMILES string of the molecule is CCC(N)C(c1ccsc1)N(C)CCc1ccncc1. The molecule has 2 unspecified atom stereocenters.